The smallest absolute Gasteiger partial charge is 0.412 e. The first-order valence-electron chi connectivity index (χ1n) is 6.47. The third kappa shape index (κ3) is 4.44. The van der Waals surface area contributed by atoms with Crippen LogP contribution in [0, 0.1) is 6.92 Å². The molecular weight excluding hydrogens is 292 g/mol. The van der Waals surface area contributed by atoms with Gasteiger partial charge in [0.15, 0.2) is 0 Å². The summed E-state index contributed by atoms with van der Waals surface area (Å²) in [7, 11) is -0.638. The van der Waals surface area contributed by atoms with Gasteiger partial charge in [0.1, 0.15) is 5.60 Å². The molecule has 118 valence electrons. The first-order chi connectivity index (χ1) is 9.45. The molecule has 0 heterocycles. The molecule has 6 nitrogen and oxygen atoms in total. The van der Waals surface area contributed by atoms with Gasteiger partial charge in [0, 0.05) is 19.8 Å². The number of carbonyl (C=O) groups is 1. The van der Waals surface area contributed by atoms with Gasteiger partial charge in [-0.2, -0.15) is 0 Å². The predicted molar refractivity (Wildman–Crippen MR) is 81.9 cm³/mol. The number of nitrogens with zero attached hydrogens (tertiary/aromatic N) is 1. The van der Waals surface area contributed by atoms with Gasteiger partial charge in [0.05, 0.1) is 4.90 Å². The molecule has 0 unspecified atom stereocenters. The van der Waals surface area contributed by atoms with Crippen LogP contribution in [0.4, 0.5) is 10.5 Å². The number of anilines is 1. The molecule has 1 rings (SSSR count). The Morgan fingerprint density at radius 3 is 2.29 bits per heavy atom. The maximum Gasteiger partial charge on any atom is 0.412 e. The van der Waals surface area contributed by atoms with Crippen molar-refractivity contribution < 1.29 is 17.9 Å². The van der Waals surface area contributed by atoms with Gasteiger partial charge in [-0.1, -0.05) is 6.07 Å². The van der Waals surface area contributed by atoms with Gasteiger partial charge in [0.25, 0.3) is 0 Å². The van der Waals surface area contributed by atoms with E-state index in [1.807, 2.05) is 0 Å². The molecule has 0 saturated heterocycles. The van der Waals surface area contributed by atoms with Gasteiger partial charge in [-0.05, 0) is 45.4 Å². The highest BCUT2D eigenvalue weighted by molar-refractivity contribution is 7.89. The van der Waals surface area contributed by atoms with Gasteiger partial charge in [-0.15, -0.1) is 0 Å². The zero-order valence-electron chi connectivity index (χ0n) is 13.2. The van der Waals surface area contributed by atoms with Gasteiger partial charge in [-0.3, -0.25) is 5.32 Å². The number of rotatable bonds is 3. The largest absolute Gasteiger partial charge is 0.444 e. The molecule has 0 aliphatic rings. The fraction of sp³-hybridized carbons (Fsp3) is 0.500. The number of sulfonamides is 1. The van der Waals surface area contributed by atoms with E-state index in [2.05, 4.69) is 5.32 Å². The van der Waals surface area contributed by atoms with E-state index in [4.69, 9.17) is 4.74 Å². The van der Waals surface area contributed by atoms with Crippen LogP contribution in [0.5, 0.6) is 0 Å². The molecule has 0 fully saturated rings. The van der Waals surface area contributed by atoms with Crippen molar-refractivity contribution in [3.05, 3.63) is 23.8 Å². The minimum absolute atomic E-state index is 0.154. The van der Waals surface area contributed by atoms with E-state index in [9.17, 15) is 13.2 Å². The highest BCUT2D eigenvalue weighted by Gasteiger charge is 2.22. The summed E-state index contributed by atoms with van der Waals surface area (Å²) in [5.74, 6) is 0. The quantitative estimate of drug-likeness (QED) is 0.930. The standard InChI is InChI=1S/C14H22N2O4S/c1-10-11(15-13(17)20-14(2,3)4)8-7-9-12(10)21(18,19)16(5)6/h7-9H,1-6H3,(H,15,17). The second kappa shape index (κ2) is 6.03. The number of hydrogen-bond acceptors (Lipinski definition) is 4. The molecule has 1 amide bonds. The predicted octanol–water partition coefficient (Wildman–Crippen LogP) is 2.59. The molecule has 0 spiro atoms. The Labute approximate surface area is 126 Å². The average molecular weight is 314 g/mol. The molecule has 7 heteroatoms. The van der Waals surface area contributed by atoms with E-state index >= 15 is 0 Å². The van der Waals surface area contributed by atoms with E-state index in [1.165, 1.54) is 20.2 Å². The minimum Gasteiger partial charge on any atom is -0.444 e. The first kappa shape index (κ1) is 17.5. The number of carbonyl (C=O) groups excluding carboxylic acids is 1. The van der Waals surface area contributed by atoms with E-state index in [0.717, 1.165) is 4.31 Å². The Bertz CT molecular complexity index is 631. The van der Waals surface area contributed by atoms with Crippen LogP contribution in [0.3, 0.4) is 0 Å². The molecule has 0 aliphatic heterocycles. The van der Waals surface area contributed by atoms with E-state index in [-0.39, 0.29) is 4.90 Å². The van der Waals surface area contributed by atoms with Crippen molar-refractivity contribution in [1.29, 1.82) is 0 Å². The Hall–Kier alpha value is -1.60. The van der Waals surface area contributed by atoms with Gasteiger partial charge < -0.3 is 4.74 Å². The molecule has 0 aromatic heterocycles. The van der Waals surface area contributed by atoms with Crippen LogP contribution in [0.15, 0.2) is 23.1 Å². The van der Waals surface area contributed by atoms with Crippen LogP contribution in [0.2, 0.25) is 0 Å². The Morgan fingerprint density at radius 1 is 1.24 bits per heavy atom. The molecule has 21 heavy (non-hydrogen) atoms. The fourth-order valence-electron chi connectivity index (χ4n) is 1.64. The summed E-state index contributed by atoms with van der Waals surface area (Å²) in [6.45, 7) is 6.91. The summed E-state index contributed by atoms with van der Waals surface area (Å²) in [5, 5.41) is 2.57. The van der Waals surface area contributed by atoms with Crippen LogP contribution in [-0.2, 0) is 14.8 Å². The lowest BCUT2D eigenvalue weighted by Crippen LogP contribution is -2.28. The molecule has 0 saturated carbocycles. The van der Waals surface area contributed by atoms with Gasteiger partial charge in [0.2, 0.25) is 10.0 Å². The summed E-state index contributed by atoms with van der Waals surface area (Å²) in [6.07, 6.45) is -0.620. The number of benzene rings is 1. The zero-order valence-corrected chi connectivity index (χ0v) is 14.0. The van der Waals surface area contributed by atoms with Crippen molar-refractivity contribution in [3.8, 4) is 0 Å². The second-order valence-electron chi connectivity index (χ2n) is 5.84. The first-order valence-corrected chi connectivity index (χ1v) is 7.91. The molecule has 1 aromatic carbocycles. The van der Waals surface area contributed by atoms with Crippen LogP contribution in [-0.4, -0.2) is 38.5 Å². The minimum atomic E-state index is -3.56. The molecule has 1 N–H and O–H groups in total. The van der Waals surface area contributed by atoms with Gasteiger partial charge in [-0.25, -0.2) is 17.5 Å². The summed E-state index contributed by atoms with van der Waals surface area (Å²) in [5.41, 5.74) is 0.259. The monoisotopic (exact) mass is 314 g/mol. The summed E-state index contributed by atoms with van der Waals surface area (Å²) >= 11 is 0. The topological polar surface area (TPSA) is 75.7 Å². The summed E-state index contributed by atoms with van der Waals surface area (Å²) < 4.78 is 30.7. The van der Waals surface area contributed by atoms with Crippen LogP contribution in [0.25, 0.3) is 0 Å². The molecule has 0 atom stereocenters. The lowest BCUT2D eigenvalue weighted by molar-refractivity contribution is 0.0635. The highest BCUT2D eigenvalue weighted by Crippen LogP contribution is 2.25. The van der Waals surface area contributed by atoms with Crippen LogP contribution < -0.4 is 5.32 Å². The number of hydrogen-bond donors (Lipinski definition) is 1. The lowest BCUT2D eigenvalue weighted by Gasteiger charge is -2.21. The molecule has 0 radical (unpaired) electrons. The lowest BCUT2D eigenvalue weighted by atomic mass is 10.2. The Balaban J connectivity index is 3.11. The molecule has 0 bridgehead atoms. The van der Waals surface area contributed by atoms with Crippen molar-refractivity contribution in [3.63, 3.8) is 0 Å². The van der Waals surface area contributed by atoms with E-state index in [0.29, 0.717) is 11.3 Å². The number of amides is 1. The Morgan fingerprint density at radius 2 is 1.81 bits per heavy atom. The van der Waals surface area contributed by atoms with E-state index < -0.39 is 21.7 Å². The zero-order chi connectivity index (χ0) is 16.4. The Kier molecular flexibility index (Phi) is 5.01. The van der Waals surface area contributed by atoms with Crippen molar-refractivity contribution in [2.75, 3.05) is 19.4 Å². The fourth-order valence-corrected chi connectivity index (χ4v) is 2.78. The second-order valence-corrected chi connectivity index (χ2v) is 7.96. The third-order valence-corrected chi connectivity index (χ3v) is 4.64. The number of ether oxygens (including phenoxy) is 1. The van der Waals surface area contributed by atoms with Crippen molar-refractivity contribution in [1.82, 2.24) is 4.31 Å². The van der Waals surface area contributed by atoms with Crippen molar-refractivity contribution >= 4 is 21.8 Å². The highest BCUT2D eigenvalue weighted by atomic mass is 32.2. The maximum absolute atomic E-state index is 12.2. The van der Waals surface area contributed by atoms with Crippen LogP contribution >= 0.6 is 0 Å². The summed E-state index contributed by atoms with van der Waals surface area (Å²) in [6, 6.07) is 4.72. The van der Waals surface area contributed by atoms with Crippen LogP contribution in [0.1, 0.15) is 26.3 Å². The van der Waals surface area contributed by atoms with Gasteiger partial charge >= 0.3 is 6.09 Å². The van der Waals surface area contributed by atoms with E-state index in [1.54, 1.807) is 39.8 Å². The number of nitrogens with one attached hydrogen (secondary N) is 1. The molecule has 0 aliphatic carbocycles. The maximum atomic E-state index is 12.2. The molecular formula is C14H22N2O4S. The summed E-state index contributed by atoms with van der Waals surface area (Å²) in [4.78, 5) is 11.9. The van der Waals surface area contributed by atoms with Crippen molar-refractivity contribution in [2.45, 2.75) is 38.2 Å². The molecule has 1 aromatic rings. The SMILES string of the molecule is Cc1c(NC(=O)OC(C)(C)C)cccc1S(=O)(=O)N(C)C. The third-order valence-electron chi connectivity index (χ3n) is 2.68. The average Bonchev–Trinajstić information content (AvgIpc) is 2.28. The van der Waals surface area contributed by atoms with Crippen molar-refractivity contribution in [2.24, 2.45) is 0 Å². The normalized spacial score (nSPS) is 12.3.